The Labute approximate surface area is 119 Å². The van der Waals surface area contributed by atoms with Crippen LogP contribution in [-0.2, 0) is 11.3 Å². The van der Waals surface area contributed by atoms with E-state index in [0.29, 0.717) is 17.9 Å². The number of aromatic nitrogens is 2. The summed E-state index contributed by atoms with van der Waals surface area (Å²) in [5.41, 5.74) is 1.37. The number of imidazole rings is 1. The van der Waals surface area contributed by atoms with Gasteiger partial charge >= 0.3 is 5.97 Å². The topological polar surface area (TPSA) is 52.8 Å². The van der Waals surface area contributed by atoms with Crippen molar-refractivity contribution in [3.8, 4) is 5.75 Å². The Hall–Kier alpha value is -2.34. The number of benzene rings is 1. The second-order valence-corrected chi connectivity index (χ2v) is 5.00. The van der Waals surface area contributed by atoms with Crippen LogP contribution >= 0.6 is 11.3 Å². The Morgan fingerprint density at radius 1 is 1.35 bits per heavy atom. The Bertz CT molecular complexity index is 702. The molecule has 0 aliphatic heterocycles. The highest BCUT2D eigenvalue weighted by Gasteiger charge is 2.06. The molecule has 0 amide bonds. The lowest BCUT2D eigenvalue weighted by molar-refractivity contribution is 0.0600. The van der Waals surface area contributed by atoms with Crippen LogP contribution < -0.4 is 4.74 Å². The van der Waals surface area contributed by atoms with Crippen LogP contribution in [0.3, 0.4) is 0 Å². The van der Waals surface area contributed by atoms with Crippen molar-refractivity contribution in [1.82, 2.24) is 9.38 Å². The van der Waals surface area contributed by atoms with Crippen LogP contribution in [0.15, 0.2) is 42.0 Å². The molecule has 3 rings (SSSR count). The number of hydrogen-bond acceptors (Lipinski definition) is 5. The first-order valence-corrected chi connectivity index (χ1v) is 6.86. The number of hydrogen-bond donors (Lipinski definition) is 0. The van der Waals surface area contributed by atoms with E-state index in [9.17, 15) is 4.79 Å². The summed E-state index contributed by atoms with van der Waals surface area (Å²) in [4.78, 5) is 16.7. The predicted molar refractivity (Wildman–Crippen MR) is 75.2 cm³/mol. The van der Waals surface area contributed by atoms with Gasteiger partial charge in [0.05, 0.1) is 18.4 Å². The fourth-order valence-corrected chi connectivity index (χ4v) is 2.53. The number of ether oxygens (including phenoxy) is 2. The molecule has 0 radical (unpaired) electrons. The first kappa shape index (κ1) is 12.7. The van der Waals surface area contributed by atoms with E-state index in [2.05, 4.69) is 9.72 Å². The van der Waals surface area contributed by atoms with Crippen molar-refractivity contribution >= 4 is 22.3 Å². The van der Waals surface area contributed by atoms with Gasteiger partial charge in [0.1, 0.15) is 12.4 Å². The smallest absolute Gasteiger partial charge is 0.337 e. The zero-order valence-electron chi connectivity index (χ0n) is 10.8. The predicted octanol–water partition coefficient (Wildman–Crippen LogP) is 2.76. The van der Waals surface area contributed by atoms with Crippen LogP contribution in [0.4, 0.5) is 0 Å². The highest BCUT2D eigenvalue weighted by Crippen LogP contribution is 2.16. The van der Waals surface area contributed by atoms with Crippen molar-refractivity contribution in [3.05, 3.63) is 53.3 Å². The molecule has 0 bridgehead atoms. The lowest BCUT2D eigenvalue weighted by atomic mass is 10.2. The quantitative estimate of drug-likeness (QED) is 0.693. The van der Waals surface area contributed by atoms with Crippen LogP contribution in [0, 0.1) is 0 Å². The molecule has 1 aromatic carbocycles. The number of esters is 1. The Kier molecular flexibility index (Phi) is 3.39. The zero-order valence-corrected chi connectivity index (χ0v) is 11.6. The van der Waals surface area contributed by atoms with Gasteiger partial charge in [0.25, 0.3) is 0 Å². The van der Waals surface area contributed by atoms with E-state index in [1.54, 1.807) is 35.6 Å². The van der Waals surface area contributed by atoms with E-state index in [4.69, 9.17) is 4.74 Å². The van der Waals surface area contributed by atoms with Gasteiger partial charge in [-0.15, -0.1) is 11.3 Å². The van der Waals surface area contributed by atoms with E-state index < -0.39 is 0 Å². The molecule has 102 valence electrons. The maximum absolute atomic E-state index is 11.3. The van der Waals surface area contributed by atoms with E-state index in [1.807, 2.05) is 22.2 Å². The highest BCUT2D eigenvalue weighted by atomic mass is 32.1. The summed E-state index contributed by atoms with van der Waals surface area (Å²) in [6, 6.07) is 6.83. The number of fused-ring (bicyclic) bond motifs is 1. The Morgan fingerprint density at radius 2 is 2.15 bits per heavy atom. The van der Waals surface area contributed by atoms with Crippen molar-refractivity contribution in [3.63, 3.8) is 0 Å². The lowest BCUT2D eigenvalue weighted by Gasteiger charge is -2.04. The number of nitrogens with zero attached hydrogens (tertiary/aromatic N) is 2. The monoisotopic (exact) mass is 288 g/mol. The van der Waals surface area contributed by atoms with Gasteiger partial charge in [-0.3, -0.25) is 4.40 Å². The van der Waals surface area contributed by atoms with E-state index >= 15 is 0 Å². The summed E-state index contributed by atoms with van der Waals surface area (Å²) >= 11 is 1.58. The molecule has 0 aliphatic rings. The molecule has 6 heteroatoms. The molecule has 0 aliphatic carbocycles. The average Bonchev–Trinajstić information content (AvgIpc) is 3.06. The summed E-state index contributed by atoms with van der Waals surface area (Å²) in [7, 11) is 1.36. The molecule has 2 aromatic heterocycles. The minimum Gasteiger partial charge on any atom is -0.487 e. The third-order valence-corrected chi connectivity index (χ3v) is 3.58. The Balaban J connectivity index is 1.66. The minimum atomic E-state index is -0.356. The fraction of sp³-hybridized carbons (Fsp3) is 0.143. The molecule has 0 saturated heterocycles. The molecule has 3 aromatic rings. The fourth-order valence-electron chi connectivity index (χ4n) is 1.81. The average molecular weight is 288 g/mol. The van der Waals surface area contributed by atoms with Crippen molar-refractivity contribution in [2.75, 3.05) is 7.11 Å². The van der Waals surface area contributed by atoms with E-state index in [-0.39, 0.29) is 5.97 Å². The van der Waals surface area contributed by atoms with Gasteiger partial charge in [-0.05, 0) is 24.3 Å². The van der Waals surface area contributed by atoms with E-state index in [0.717, 1.165) is 10.7 Å². The number of rotatable bonds is 4. The van der Waals surface area contributed by atoms with Crippen molar-refractivity contribution in [2.24, 2.45) is 0 Å². The van der Waals surface area contributed by atoms with Crippen LogP contribution in [0.1, 0.15) is 16.1 Å². The molecule has 0 N–H and O–H groups in total. The largest absolute Gasteiger partial charge is 0.487 e. The van der Waals surface area contributed by atoms with Gasteiger partial charge in [0, 0.05) is 17.8 Å². The molecular formula is C14H12N2O3S. The third-order valence-electron chi connectivity index (χ3n) is 2.81. The zero-order chi connectivity index (χ0) is 13.9. The number of thiazole rings is 1. The highest BCUT2D eigenvalue weighted by molar-refractivity contribution is 7.15. The van der Waals surface area contributed by atoms with Crippen LogP contribution in [-0.4, -0.2) is 22.5 Å². The SMILES string of the molecule is COC(=O)c1ccc(OCc2cn3ccsc3n2)cc1. The van der Waals surface area contributed by atoms with Gasteiger partial charge in [0.2, 0.25) is 0 Å². The molecule has 20 heavy (non-hydrogen) atoms. The van der Waals surface area contributed by atoms with Gasteiger partial charge in [0.15, 0.2) is 4.96 Å². The van der Waals surface area contributed by atoms with Crippen molar-refractivity contribution in [1.29, 1.82) is 0 Å². The first-order valence-electron chi connectivity index (χ1n) is 5.98. The molecule has 2 heterocycles. The van der Waals surface area contributed by atoms with Gasteiger partial charge < -0.3 is 9.47 Å². The van der Waals surface area contributed by atoms with Crippen molar-refractivity contribution in [2.45, 2.75) is 6.61 Å². The molecule has 5 nitrogen and oxygen atoms in total. The maximum atomic E-state index is 11.3. The minimum absolute atomic E-state index is 0.356. The van der Waals surface area contributed by atoms with Crippen molar-refractivity contribution < 1.29 is 14.3 Å². The van der Waals surface area contributed by atoms with Crippen LogP contribution in [0.25, 0.3) is 4.96 Å². The molecular weight excluding hydrogens is 276 g/mol. The lowest BCUT2D eigenvalue weighted by Crippen LogP contribution is -2.01. The number of carbonyl (C=O) groups excluding carboxylic acids is 1. The van der Waals surface area contributed by atoms with E-state index in [1.165, 1.54) is 7.11 Å². The number of carbonyl (C=O) groups is 1. The molecule has 0 unspecified atom stereocenters. The standard InChI is InChI=1S/C14H12N2O3S/c1-18-13(17)10-2-4-12(5-3-10)19-9-11-8-16-6-7-20-14(16)15-11/h2-8H,9H2,1H3. The second kappa shape index (κ2) is 5.34. The normalized spacial score (nSPS) is 10.7. The summed E-state index contributed by atoms with van der Waals surface area (Å²) in [6.45, 7) is 0.395. The second-order valence-electron chi connectivity index (χ2n) is 4.13. The van der Waals surface area contributed by atoms with Crippen LogP contribution in [0.2, 0.25) is 0 Å². The Morgan fingerprint density at radius 3 is 2.85 bits per heavy atom. The summed E-state index contributed by atoms with van der Waals surface area (Å²) < 4.78 is 12.2. The molecule has 0 spiro atoms. The summed E-state index contributed by atoms with van der Waals surface area (Å²) in [5, 5.41) is 1.98. The van der Waals surface area contributed by atoms with Gasteiger partial charge in [-0.2, -0.15) is 0 Å². The summed E-state index contributed by atoms with van der Waals surface area (Å²) in [5.74, 6) is 0.333. The maximum Gasteiger partial charge on any atom is 0.337 e. The van der Waals surface area contributed by atoms with Crippen LogP contribution in [0.5, 0.6) is 5.75 Å². The van der Waals surface area contributed by atoms with Gasteiger partial charge in [-0.25, -0.2) is 9.78 Å². The number of methoxy groups -OCH3 is 1. The molecule has 0 saturated carbocycles. The van der Waals surface area contributed by atoms with Gasteiger partial charge in [-0.1, -0.05) is 0 Å². The molecule has 0 fully saturated rings. The summed E-state index contributed by atoms with van der Waals surface area (Å²) in [6.07, 6.45) is 3.90. The first-order chi connectivity index (χ1) is 9.76. The molecule has 0 atom stereocenters. The third kappa shape index (κ3) is 2.50.